The van der Waals surface area contributed by atoms with E-state index in [0.29, 0.717) is 19.3 Å². The summed E-state index contributed by atoms with van der Waals surface area (Å²) in [6.07, 6.45) is 56.4. The summed E-state index contributed by atoms with van der Waals surface area (Å²) < 4.78 is 11.2. The first kappa shape index (κ1) is 72.3. The van der Waals surface area contributed by atoms with Gasteiger partial charge in [0.1, 0.15) is 36.6 Å². The van der Waals surface area contributed by atoms with Crippen LogP contribution in [0, 0.1) is 0 Å². The van der Waals surface area contributed by atoms with Crippen molar-refractivity contribution in [3.63, 3.8) is 0 Å². The van der Waals surface area contributed by atoms with E-state index in [1.807, 2.05) is 0 Å². The van der Waals surface area contributed by atoms with Gasteiger partial charge in [0.2, 0.25) is 5.91 Å². The van der Waals surface area contributed by atoms with E-state index in [1.165, 1.54) is 212 Å². The Bertz CT molecular complexity index is 1330. The van der Waals surface area contributed by atoms with Crippen molar-refractivity contribution in [2.45, 2.75) is 358 Å². The van der Waals surface area contributed by atoms with Crippen molar-refractivity contribution in [1.29, 1.82) is 0 Å². The Morgan fingerprint density at radius 1 is 0.447 bits per heavy atom. The van der Waals surface area contributed by atoms with Crippen LogP contribution in [0.15, 0.2) is 36.5 Å². The maximum absolute atomic E-state index is 13.2. The minimum atomic E-state index is -1.67. The molecule has 448 valence electrons. The molecule has 0 saturated carbocycles. The minimum absolute atomic E-state index is 0.243. The van der Waals surface area contributed by atoms with Gasteiger partial charge < -0.3 is 50.5 Å². The normalized spacial score (nSPS) is 19.8. The zero-order valence-corrected chi connectivity index (χ0v) is 49.2. The van der Waals surface area contributed by atoms with Gasteiger partial charge in [-0.3, -0.25) is 4.79 Å². The van der Waals surface area contributed by atoms with Crippen LogP contribution in [0.3, 0.4) is 0 Å². The number of carbonyl (C=O) groups is 1. The first-order chi connectivity index (χ1) is 37.2. The summed E-state index contributed by atoms with van der Waals surface area (Å²) in [6, 6.07) is -1.19. The first-order valence-corrected chi connectivity index (χ1v) is 32.4. The van der Waals surface area contributed by atoms with Crippen LogP contribution in [-0.4, -0.2) is 110 Å². The number of carbonyl (C=O) groups excluding carboxylic acids is 1. The maximum atomic E-state index is 13.2. The molecular weight excluding hydrogens is 955 g/mol. The molecule has 76 heavy (non-hydrogen) atoms. The lowest BCUT2D eigenvalue weighted by Crippen LogP contribution is -2.60. The molecule has 0 radical (unpaired) electrons. The van der Waals surface area contributed by atoms with E-state index in [2.05, 4.69) is 55.6 Å². The zero-order chi connectivity index (χ0) is 55.4. The van der Waals surface area contributed by atoms with Crippen molar-refractivity contribution in [1.82, 2.24) is 5.32 Å². The van der Waals surface area contributed by atoms with Crippen LogP contribution < -0.4 is 5.32 Å². The van der Waals surface area contributed by atoms with Crippen LogP contribution in [-0.2, 0) is 14.3 Å². The number of allylic oxidation sites excluding steroid dienone is 6. The third-order valence-electron chi connectivity index (χ3n) is 15.7. The Hall–Kier alpha value is -1.67. The largest absolute Gasteiger partial charge is 0.394 e. The molecule has 1 fully saturated rings. The number of unbranched alkanes of at least 4 members (excludes halogenated alkanes) is 38. The molecule has 1 aliphatic heterocycles. The Labute approximate surface area is 467 Å². The average molecular weight is 1080 g/mol. The van der Waals surface area contributed by atoms with Gasteiger partial charge in [-0.1, -0.05) is 275 Å². The molecule has 1 heterocycles. The SMILES string of the molecule is CCCCCCCCCCCCC/C=C/CC/C=C/CC/C=C/CCCC(O)C(O)C(COC1OC(CO)C(O)C(O)C1O)NC(=O)C(O)CCCCCCCCCCCCCCCCCCCCCCCCCCC. The van der Waals surface area contributed by atoms with E-state index in [0.717, 1.165) is 44.9 Å². The smallest absolute Gasteiger partial charge is 0.249 e. The Balaban J connectivity index is 2.28. The van der Waals surface area contributed by atoms with Gasteiger partial charge >= 0.3 is 0 Å². The van der Waals surface area contributed by atoms with E-state index >= 15 is 0 Å². The fourth-order valence-electron chi connectivity index (χ4n) is 10.4. The van der Waals surface area contributed by atoms with Crippen molar-refractivity contribution >= 4 is 5.91 Å². The summed E-state index contributed by atoms with van der Waals surface area (Å²) in [6.45, 7) is 3.48. The number of nitrogens with one attached hydrogen (secondary N) is 1. The minimum Gasteiger partial charge on any atom is -0.394 e. The summed E-state index contributed by atoms with van der Waals surface area (Å²) in [4.78, 5) is 13.2. The van der Waals surface area contributed by atoms with E-state index in [-0.39, 0.29) is 12.8 Å². The van der Waals surface area contributed by atoms with Gasteiger partial charge in [-0.05, 0) is 64.2 Å². The van der Waals surface area contributed by atoms with Crippen molar-refractivity contribution in [3.8, 4) is 0 Å². The molecule has 1 aliphatic rings. The van der Waals surface area contributed by atoms with Crippen molar-refractivity contribution < 1.29 is 50.0 Å². The Morgan fingerprint density at radius 2 is 0.789 bits per heavy atom. The molecule has 1 saturated heterocycles. The Kier molecular flexibility index (Phi) is 51.3. The molecule has 9 unspecified atom stereocenters. The molecule has 0 aromatic heterocycles. The zero-order valence-electron chi connectivity index (χ0n) is 49.2. The second-order valence-corrected chi connectivity index (χ2v) is 22.8. The molecule has 0 aromatic carbocycles. The number of amides is 1. The number of aliphatic hydroxyl groups is 7. The van der Waals surface area contributed by atoms with Gasteiger partial charge in [-0.25, -0.2) is 0 Å². The standard InChI is InChI=1S/C65H123NO10/c1-3-5-7-9-11-13-15-17-19-21-23-25-27-29-31-33-35-37-39-41-43-45-47-49-51-53-58(69)64(74)66-56(55-75-65-63(73)62(72)61(71)59(54-67)76-65)60(70)57(68)52-50-48-46-44-42-40-38-36-34-32-30-28-26-24-22-20-18-16-14-12-10-8-6-4-2/h28,30,36,38,44,46,56-63,65,67-73H,3-27,29,31-35,37,39-43,45,47-55H2,1-2H3,(H,66,74)/b30-28+,38-36+,46-44+. The molecule has 9 atom stereocenters. The van der Waals surface area contributed by atoms with Crippen LogP contribution in [0.1, 0.15) is 303 Å². The number of aliphatic hydroxyl groups excluding tert-OH is 7. The molecule has 0 spiro atoms. The third-order valence-corrected chi connectivity index (χ3v) is 15.7. The highest BCUT2D eigenvalue weighted by atomic mass is 16.7. The molecule has 1 amide bonds. The number of ether oxygens (including phenoxy) is 2. The number of rotatable bonds is 56. The van der Waals surface area contributed by atoms with Gasteiger partial charge in [-0.15, -0.1) is 0 Å². The van der Waals surface area contributed by atoms with Gasteiger partial charge in [0.15, 0.2) is 6.29 Å². The molecule has 11 heteroatoms. The van der Waals surface area contributed by atoms with Crippen molar-refractivity contribution in [2.24, 2.45) is 0 Å². The highest BCUT2D eigenvalue weighted by Crippen LogP contribution is 2.24. The van der Waals surface area contributed by atoms with Crippen LogP contribution in [0.2, 0.25) is 0 Å². The van der Waals surface area contributed by atoms with E-state index in [4.69, 9.17) is 9.47 Å². The maximum Gasteiger partial charge on any atom is 0.249 e. The van der Waals surface area contributed by atoms with Gasteiger partial charge in [-0.2, -0.15) is 0 Å². The van der Waals surface area contributed by atoms with Gasteiger partial charge in [0, 0.05) is 0 Å². The molecule has 0 aromatic rings. The van der Waals surface area contributed by atoms with Crippen LogP contribution >= 0.6 is 0 Å². The highest BCUT2D eigenvalue weighted by molar-refractivity contribution is 5.80. The highest BCUT2D eigenvalue weighted by Gasteiger charge is 2.44. The van der Waals surface area contributed by atoms with Crippen LogP contribution in [0.5, 0.6) is 0 Å². The van der Waals surface area contributed by atoms with E-state index in [1.54, 1.807) is 0 Å². The van der Waals surface area contributed by atoms with E-state index < -0.39 is 74.2 Å². The summed E-state index contributed by atoms with van der Waals surface area (Å²) in [5.74, 6) is -0.707. The lowest BCUT2D eigenvalue weighted by Gasteiger charge is -2.40. The topological polar surface area (TPSA) is 189 Å². The van der Waals surface area contributed by atoms with E-state index in [9.17, 15) is 40.5 Å². The van der Waals surface area contributed by atoms with Gasteiger partial charge in [0.25, 0.3) is 0 Å². The van der Waals surface area contributed by atoms with Crippen molar-refractivity contribution in [2.75, 3.05) is 13.2 Å². The number of hydrogen-bond donors (Lipinski definition) is 8. The molecule has 0 bridgehead atoms. The quantitative estimate of drug-likeness (QED) is 0.0215. The monoisotopic (exact) mass is 1080 g/mol. The van der Waals surface area contributed by atoms with Crippen LogP contribution in [0.4, 0.5) is 0 Å². The van der Waals surface area contributed by atoms with Crippen molar-refractivity contribution in [3.05, 3.63) is 36.5 Å². The fourth-order valence-corrected chi connectivity index (χ4v) is 10.4. The number of hydrogen-bond acceptors (Lipinski definition) is 10. The predicted octanol–water partition coefficient (Wildman–Crippen LogP) is 14.6. The fraction of sp³-hybridized carbons (Fsp3) is 0.892. The summed E-state index contributed by atoms with van der Waals surface area (Å²) in [5, 5.41) is 76.3. The summed E-state index contributed by atoms with van der Waals surface area (Å²) >= 11 is 0. The Morgan fingerprint density at radius 3 is 1.17 bits per heavy atom. The first-order valence-electron chi connectivity index (χ1n) is 32.4. The molecule has 1 rings (SSSR count). The lowest BCUT2D eigenvalue weighted by atomic mass is 9.98. The molecule has 8 N–H and O–H groups in total. The summed E-state index contributed by atoms with van der Waals surface area (Å²) in [5.41, 5.74) is 0. The average Bonchev–Trinajstić information content (AvgIpc) is 3.42. The third kappa shape index (κ3) is 41.4. The molecule has 11 nitrogen and oxygen atoms in total. The van der Waals surface area contributed by atoms with Crippen LogP contribution in [0.25, 0.3) is 0 Å². The second kappa shape index (κ2) is 53.9. The molecular formula is C65H123NO10. The molecule has 0 aliphatic carbocycles. The summed E-state index contributed by atoms with van der Waals surface area (Å²) in [7, 11) is 0. The van der Waals surface area contributed by atoms with Gasteiger partial charge in [0.05, 0.1) is 25.4 Å². The predicted molar refractivity (Wildman–Crippen MR) is 316 cm³/mol. The second-order valence-electron chi connectivity index (χ2n) is 22.8. The lowest BCUT2D eigenvalue weighted by molar-refractivity contribution is -0.303.